The number of halogens is 6. The lowest BCUT2D eigenvalue weighted by Gasteiger charge is -2.22. The van der Waals surface area contributed by atoms with E-state index in [4.69, 9.17) is 5.11 Å². The van der Waals surface area contributed by atoms with Gasteiger partial charge in [0.2, 0.25) is 10.0 Å². The van der Waals surface area contributed by atoms with Crippen molar-refractivity contribution in [2.24, 2.45) is 0 Å². The van der Waals surface area contributed by atoms with E-state index in [0.717, 1.165) is 13.8 Å². The number of carbonyl (C=O) groups is 1. The number of hydrogen-bond acceptors (Lipinski definition) is 3. The summed E-state index contributed by atoms with van der Waals surface area (Å²) in [5, 5.41) is 8.84. The Kier molecular flexibility index (Phi) is 4.87. The van der Waals surface area contributed by atoms with Crippen LogP contribution < -0.4 is 4.72 Å². The zero-order chi connectivity index (χ0) is 19.1. The van der Waals surface area contributed by atoms with E-state index in [2.05, 4.69) is 0 Å². The Morgan fingerprint density at radius 3 is 1.62 bits per heavy atom. The standard InChI is InChI=1S/C12H11F6NO4S/c1-10(2,9(20)21)24(22,23)19-8-4-6(11(13,14)15)3-7(5-8)12(16,17)18/h3-5,19H,1-2H3,(H,20,21). The molecular formula is C12H11F6NO4S. The van der Waals surface area contributed by atoms with Crippen molar-refractivity contribution < 1.29 is 44.7 Å². The smallest absolute Gasteiger partial charge is 0.416 e. The van der Waals surface area contributed by atoms with Crippen LogP contribution >= 0.6 is 0 Å². The molecule has 24 heavy (non-hydrogen) atoms. The fourth-order valence-corrected chi connectivity index (χ4v) is 2.32. The van der Waals surface area contributed by atoms with Crippen molar-refractivity contribution in [3.63, 3.8) is 0 Å². The number of anilines is 1. The Hall–Kier alpha value is -1.98. The molecule has 0 radical (unpaired) electrons. The van der Waals surface area contributed by atoms with E-state index in [0.29, 0.717) is 0 Å². The lowest BCUT2D eigenvalue weighted by molar-refractivity contribution is -0.143. The molecule has 0 fully saturated rings. The third-order valence-corrected chi connectivity index (χ3v) is 5.05. The van der Waals surface area contributed by atoms with Gasteiger partial charge in [-0.3, -0.25) is 9.52 Å². The molecule has 5 nitrogen and oxygen atoms in total. The zero-order valence-corrected chi connectivity index (χ0v) is 12.9. The van der Waals surface area contributed by atoms with E-state index in [9.17, 15) is 39.6 Å². The van der Waals surface area contributed by atoms with Crippen LogP contribution in [0.2, 0.25) is 0 Å². The predicted octanol–water partition coefficient (Wildman–Crippen LogP) is 3.33. The predicted molar refractivity (Wildman–Crippen MR) is 70.7 cm³/mol. The van der Waals surface area contributed by atoms with Crippen molar-refractivity contribution in [2.75, 3.05) is 4.72 Å². The quantitative estimate of drug-likeness (QED) is 0.786. The van der Waals surface area contributed by atoms with Crippen molar-refractivity contribution in [1.82, 2.24) is 0 Å². The molecule has 0 atom stereocenters. The minimum atomic E-state index is -5.16. The summed E-state index contributed by atoms with van der Waals surface area (Å²) in [5.41, 5.74) is -4.52. The maximum atomic E-state index is 12.7. The second-order valence-electron chi connectivity index (χ2n) is 5.22. The minimum absolute atomic E-state index is 0.144. The molecule has 1 rings (SSSR count). The van der Waals surface area contributed by atoms with Crippen molar-refractivity contribution >= 4 is 21.7 Å². The van der Waals surface area contributed by atoms with Crippen molar-refractivity contribution in [2.45, 2.75) is 30.9 Å². The number of benzene rings is 1. The van der Waals surface area contributed by atoms with Crippen LogP contribution in [0, 0.1) is 0 Å². The lowest BCUT2D eigenvalue weighted by atomic mass is 10.1. The topological polar surface area (TPSA) is 83.5 Å². The first-order valence-corrected chi connectivity index (χ1v) is 7.52. The summed E-state index contributed by atoms with van der Waals surface area (Å²) in [7, 11) is -4.82. The van der Waals surface area contributed by atoms with Crippen LogP contribution in [0.4, 0.5) is 32.0 Å². The molecule has 0 saturated heterocycles. The van der Waals surface area contributed by atoms with Crippen LogP contribution in [0.1, 0.15) is 25.0 Å². The number of nitrogens with one attached hydrogen (secondary N) is 1. The Labute approximate surface area is 132 Å². The lowest BCUT2D eigenvalue weighted by Crippen LogP contribution is -2.44. The molecule has 12 heteroatoms. The maximum Gasteiger partial charge on any atom is 0.416 e. The molecule has 0 aromatic heterocycles. The molecule has 0 spiro atoms. The highest BCUT2D eigenvalue weighted by molar-refractivity contribution is 7.94. The average Bonchev–Trinajstić information content (AvgIpc) is 2.35. The summed E-state index contributed by atoms with van der Waals surface area (Å²) in [5.74, 6) is -1.84. The number of rotatable bonds is 4. The maximum absolute atomic E-state index is 12.7. The number of hydrogen-bond donors (Lipinski definition) is 2. The van der Waals surface area contributed by atoms with E-state index in [1.54, 1.807) is 0 Å². The average molecular weight is 379 g/mol. The molecule has 0 saturated carbocycles. The first-order valence-electron chi connectivity index (χ1n) is 6.04. The number of carboxylic acid groups (broad SMARTS) is 1. The molecule has 0 unspecified atom stereocenters. The van der Waals surface area contributed by atoms with Crippen LogP contribution in [0.3, 0.4) is 0 Å². The van der Waals surface area contributed by atoms with E-state index in [1.165, 1.54) is 4.72 Å². The largest absolute Gasteiger partial charge is 0.480 e. The van der Waals surface area contributed by atoms with Crippen LogP contribution in [0.5, 0.6) is 0 Å². The van der Waals surface area contributed by atoms with Gasteiger partial charge >= 0.3 is 18.3 Å². The Balaban J connectivity index is 3.48. The van der Waals surface area contributed by atoms with E-state index in [-0.39, 0.29) is 18.2 Å². The van der Waals surface area contributed by atoms with Gasteiger partial charge in [-0.05, 0) is 32.0 Å². The summed E-state index contributed by atoms with van der Waals surface area (Å²) in [6.07, 6.45) is -10.3. The monoisotopic (exact) mass is 379 g/mol. The number of sulfonamides is 1. The first kappa shape index (κ1) is 20.1. The van der Waals surface area contributed by atoms with Gasteiger partial charge in [-0.15, -0.1) is 0 Å². The van der Waals surface area contributed by atoms with Gasteiger partial charge in [-0.2, -0.15) is 26.3 Å². The van der Waals surface area contributed by atoms with Crippen molar-refractivity contribution in [3.05, 3.63) is 29.3 Å². The summed E-state index contributed by atoms with van der Waals surface area (Å²) in [6.45, 7) is 1.46. The molecule has 0 heterocycles. The van der Waals surface area contributed by atoms with Gasteiger partial charge in [0.1, 0.15) is 0 Å². The number of alkyl halides is 6. The van der Waals surface area contributed by atoms with E-state index < -0.39 is 49.9 Å². The fourth-order valence-electron chi connectivity index (χ4n) is 1.41. The molecular weight excluding hydrogens is 368 g/mol. The van der Waals surface area contributed by atoms with Crippen molar-refractivity contribution in [1.29, 1.82) is 0 Å². The highest BCUT2D eigenvalue weighted by Crippen LogP contribution is 2.38. The second kappa shape index (κ2) is 5.83. The highest BCUT2D eigenvalue weighted by Gasteiger charge is 2.43. The van der Waals surface area contributed by atoms with Gasteiger partial charge in [-0.1, -0.05) is 0 Å². The van der Waals surface area contributed by atoms with Crippen LogP contribution in [0.15, 0.2) is 18.2 Å². The second-order valence-corrected chi connectivity index (χ2v) is 7.45. The molecule has 0 bridgehead atoms. The van der Waals surface area contributed by atoms with Gasteiger partial charge in [0.05, 0.1) is 11.1 Å². The van der Waals surface area contributed by atoms with Gasteiger partial charge in [0, 0.05) is 5.69 Å². The summed E-state index contributed by atoms with van der Waals surface area (Å²) < 4.78 is 99.0. The Morgan fingerprint density at radius 2 is 1.33 bits per heavy atom. The van der Waals surface area contributed by atoms with Gasteiger partial charge in [-0.25, -0.2) is 8.42 Å². The molecule has 136 valence electrons. The minimum Gasteiger partial charge on any atom is -0.480 e. The molecule has 1 aromatic carbocycles. The van der Waals surface area contributed by atoms with Crippen molar-refractivity contribution in [3.8, 4) is 0 Å². The summed E-state index contributed by atoms with van der Waals surface area (Å²) in [4.78, 5) is 10.9. The highest BCUT2D eigenvalue weighted by atomic mass is 32.2. The molecule has 0 amide bonds. The van der Waals surface area contributed by atoms with Crippen LogP contribution in [-0.4, -0.2) is 24.2 Å². The van der Waals surface area contributed by atoms with E-state index in [1.807, 2.05) is 0 Å². The molecule has 1 aromatic rings. The third-order valence-electron chi connectivity index (χ3n) is 3.03. The zero-order valence-electron chi connectivity index (χ0n) is 12.1. The van der Waals surface area contributed by atoms with Crippen LogP contribution in [0.25, 0.3) is 0 Å². The SMILES string of the molecule is CC(C)(C(=O)O)S(=O)(=O)Nc1cc(C(F)(F)F)cc(C(F)(F)F)c1. The van der Waals surface area contributed by atoms with E-state index >= 15 is 0 Å². The molecule has 2 N–H and O–H groups in total. The van der Waals surface area contributed by atoms with Gasteiger partial charge in [0.25, 0.3) is 0 Å². The fraction of sp³-hybridized carbons (Fsp3) is 0.417. The number of carboxylic acids is 1. The molecule has 0 aliphatic carbocycles. The van der Waals surface area contributed by atoms with Gasteiger partial charge in [0.15, 0.2) is 4.75 Å². The summed E-state index contributed by atoms with van der Waals surface area (Å²) >= 11 is 0. The molecule has 0 aliphatic heterocycles. The Bertz CT molecular complexity index is 720. The Morgan fingerprint density at radius 1 is 0.958 bits per heavy atom. The summed E-state index contributed by atoms with van der Waals surface area (Å²) in [6, 6.07) is 0.107. The normalized spacial score (nSPS) is 13.7. The van der Waals surface area contributed by atoms with Gasteiger partial charge < -0.3 is 5.11 Å². The number of aliphatic carboxylic acids is 1. The third kappa shape index (κ3) is 4.10. The first-order chi connectivity index (χ1) is 10.5. The molecule has 0 aliphatic rings. The van der Waals surface area contributed by atoms with Crippen LogP contribution in [-0.2, 0) is 27.2 Å².